The third kappa shape index (κ3) is 4.73. The molecule has 1 heterocycles. The van der Waals surface area contributed by atoms with E-state index in [9.17, 15) is 13.2 Å². The number of sulfone groups is 1. The van der Waals surface area contributed by atoms with Crippen molar-refractivity contribution in [3.63, 3.8) is 0 Å². The normalized spacial score (nSPS) is 12.6. The van der Waals surface area contributed by atoms with Gasteiger partial charge in [-0.1, -0.05) is 60.7 Å². The lowest BCUT2D eigenvalue weighted by Gasteiger charge is -2.03. The van der Waals surface area contributed by atoms with E-state index in [0.29, 0.717) is 4.80 Å². The zero-order valence-electron chi connectivity index (χ0n) is 15.4. The zero-order valence-corrected chi connectivity index (χ0v) is 17.0. The first kappa shape index (κ1) is 19.5. The van der Waals surface area contributed by atoms with Crippen LogP contribution in [-0.4, -0.2) is 24.6 Å². The van der Waals surface area contributed by atoms with E-state index in [0.717, 1.165) is 22.2 Å². The first-order chi connectivity index (χ1) is 12.9. The van der Waals surface area contributed by atoms with Gasteiger partial charge < -0.3 is 4.57 Å². The van der Waals surface area contributed by atoms with Gasteiger partial charge in [0.05, 0.1) is 21.7 Å². The van der Waals surface area contributed by atoms with Crippen LogP contribution in [0.25, 0.3) is 10.2 Å². The molecule has 3 aromatic rings. The molecule has 7 heteroatoms. The third-order valence-electron chi connectivity index (χ3n) is 4.36. The molecule has 1 amide bonds. The summed E-state index contributed by atoms with van der Waals surface area (Å²) in [5.41, 5.74) is 3.00. The lowest BCUT2D eigenvalue weighted by atomic mass is 10.1. The Hall–Kier alpha value is -2.25. The van der Waals surface area contributed by atoms with Gasteiger partial charge in [-0.3, -0.25) is 4.79 Å². The molecular formula is C20H22N2O3S2. The number of rotatable bonds is 6. The van der Waals surface area contributed by atoms with Crippen molar-refractivity contribution in [2.45, 2.75) is 25.5 Å². The summed E-state index contributed by atoms with van der Waals surface area (Å²) in [4.78, 5) is 17.0. The number of hydrogen-bond donors (Lipinski definition) is 0. The van der Waals surface area contributed by atoms with Crippen molar-refractivity contribution in [3.8, 4) is 0 Å². The summed E-state index contributed by atoms with van der Waals surface area (Å²) in [7, 11) is -1.47. The van der Waals surface area contributed by atoms with Crippen LogP contribution in [0, 0.1) is 0 Å². The molecule has 0 saturated heterocycles. The molecule has 0 fully saturated rings. The predicted octanol–water partition coefficient (Wildman–Crippen LogP) is 3.23. The number of benzene rings is 2. The highest BCUT2D eigenvalue weighted by Gasteiger charge is 2.15. The first-order valence-electron chi connectivity index (χ1n) is 8.79. The van der Waals surface area contributed by atoms with E-state index < -0.39 is 15.7 Å². The van der Waals surface area contributed by atoms with E-state index in [-0.39, 0.29) is 17.9 Å². The molecule has 0 unspecified atom stereocenters. The van der Waals surface area contributed by atoms with Gasteiger partial charge in [0.15, 0.2) is 14.6 Å². The summed E-state index contributed by atoms with van der Waals surface area (Å²) in [6.45, 7) is 2.09. The van der Waals surface area contributed by atoms with Crippen molar-refractivity contribution in [3.05, 3.63) is 64.5 Å². The number of fused-ring (bicyclic) bond motifs is 1. The molecule has 0 spiro atoms. The number of nitrogens with zero attached hydrogens (tertiary/aromatic N) is 2. The van der Waals surface area contributed by atoms with Gasteiger partial charge in [-0.15, -0.1) is 0 Å². The second-order valence-corrected chi connectivity index (χ2v) is 9.59. The summed E-state index contributed by atoms with van der Waals surface area (Å²) in [5.74, 6) is -0.664. The molecule has 27 heavy (non-hydrogen) atoms. The lowest BCUT2D eigenvalue weighted by molar-refractivity contribution is -0.117. The molecule has 3 rings (SSSR count). The number of carbonyl (C=O) groups excluding carboxylic acids is 1. The highest BCUT2D eigenvalue weighted by atomic mass is 32.2. The zero-order chi connectivity index (χ0) is 19.4. The van der Waals surface area contributed by atoms with Crippen LogP contribution >= 0.6 is 11.3 Å². The maximum Gasteiger partial charge on any atom is 0.249 e. The van der Waals surface area contributed by atoms with E-state index in [4.69, 9.17) is 0 Å². The minimum absolute atomic E-state index is 0.0579. The minimum Gasteiger partial charge on any atom is -0.319 e. The molecule has 1 aromatic heterocycles. The van der Waals surface area contributed by atoms with E-state index in [2.05, 4.69) is 18.0 Å². The molecule has 0 N–H and O–H groups in total. The smallest absolute Gasteiger partial charge is 0.249 e. The van der Waals surface area contributed by atoms with Gasteiger partial charge in [-0.2, -0.15) is 4.99 Å². The largest absolute Gasteiger partial charge is 0.319 e. The molecule has 0 aliphatic carbocycles. The van der Waals surface area contributed by atoms with Crippen LogP contribution in [0.5, 0.6) is 0 Å². The summed E-state index contributed by atoms with van der Waals surface area (Å²) < 4.78 is 27.5. The monoisotopic (exact) mass is 402 g/mol. The van der Waals surface area contributed by atoms with Crippen LogP contribution in [0.4, 0.5) is 0 Å². The van der Waals surface area contributed by atoms with E-state index in [1.165, 1.54) is 16.9 Å². The van der Waals surface area contributed by atoms with Crippen LogP contribution in [0.3, 0.4) is 0 Å². The summed E-state index contributed by atoms with van der Waals surface area (Å²) >= 11 is 1.44. The highest BCUT2D eigenvalue weighted by molar-refractivity contribution is 7.90. The number of aryl methyl sites for hydroxylation is 2. The lowest BCUT2D eigenvalue weighted by Crippen LogP contribution is -2.16. The molecule has 0 radical (unpaired) electrons. The van der Waals surface area contributed by atoms with E-state index in [1.54, 1.807) is 24.3 Å². The van der Waals surface area contributed by atoms with Gasteiger partial charge in [0, 0.05) is 13.5 Å². The average molecular weight is 403 g/mol. The van der Waals surface area contributed by atoms with Gasteiger partial charge in [0.1, 0.15) is 0 Å². The molecule has 0 bridgehead atoms. The fourth-order valence-corrected chi connectivity index (χ4v) is 5.40. The average Bonchev–Trinajstić information content (AvgIpc) is 2.96. The van der Waals surface area contributed by atoms with Crippen LogP contribution < -0.4 is 4.80 Å². The Morgan fingerprint density at radius 2 is 1.85 bits per heavy atom. The Balaban J connectivity index is 1.75. The van der Waals surface area contributed by atoms with Crippen LogP contribution in [-0.2, 0) is 33.9 Å². The van der Waals surface area contributed by atoms with Gasteiger partial charge in [-0.05, 0) is 23.6 Å². The summed E-state index contributed by atoms with van der Waals surface area (Å²) in [5, 5.41) is 0. The van der Waals surface area contributed by atoms with E-state index >= 15 is 0 Å². The topological polar surface area (TPSA) is 68.5 Å². The molecule has 2 aromatic carbocycles. The second kappa shape index (κ2) is 8.19. The minimum atomic E-state index is -3.35. The Kier molecular flexibility index (Phi) is 5.92. The van der Waals surface area contributed by atoms with Gasteiger partial charge in [-0.25, -0.2) is 8.42 Å². The van der Waals surface area contributed by atoms with Crippen LogP contribution in [0.1, 0.15) is 24.5 Å². The van der Waals surface area contributed by atoms with E-state index in [1.807, 2.05) is 29.8 Å². The number of para-hydroxylation sites is 1. The van der Waals surface area contributed by atoms with Gasteiger partial charge in [0.2, 0.25) is 5.91 Å². The molecule has 5 nitrogen and oxygen atoms in total. The second-order valence-electron chi connectivity index (χ2n) is 6.39. The standard InChI is InChI=1S/C20H22N2O3S2/c1-3-16-10-7-11-17-19(16)22(2)20(26-17)21-18(23)12-13-27(24,25)14-15-8-5-4-6-9-15/h4-11H,3,12-14H2,1-2H3. The Bertz CT molecular complexity index is 1130. The van der Waals surface area contributed by atoms with Crippen molar-refractivity contribution in [1.29, 1.82) is 0 Å². The summed E-state index contributed by atoms with van der Waals surface area (Å²) in [6, 6.07) is 15.1. The number of hydrogen-bond acceptors (Lipinski definition) is 4. The van der Waals surface area contributed by atoms with Crippen molar-refractivity contribution in [2.75, 3.05) is 5.75 Å². The maximum atomic E-state index is 12.3. The Morgan fingerprint density at radius 1 is 1.11 bits per heavy atom. The van der Waals surface area contributed by atoms with Crippen LogP contribution in [0.15, 0.2) is 53.5 Å². The molecular weight excluding hydrogens is 380 g/mol. The number of thiazole rings is 1. The molecule has 0 atom stereocenters. The highest BCUT2D eigenvalue weighted by Crippen LogP contribution is 2.21. The number of amides is 1. The third-order valence-corrected chi connectivity index (χ3v) is 7.06. The van der Waals surface area contributed by atoms with Crippen molar-refractivity contribution < 1.29 is 13.2 Å². The molecule has 0 saturated carbocycles. The van der Waals surface area contributed by atoms with Crippen molar-refractivity contribution >= 4 is 37.3 Å². The van der Waals surface area contributed by atoms with Gasteiger partial charge >= 0.3 is 0 Å². The fourth-order valence-electron chi connectivity index (χ4n) is 2.98. The fraction of sp³-hybridized carbons (Fsp3) is 0.300. The SMILES string of the molecule is CCc1cccc2sc(=NC(=O)CCS(=O)(=O)Cc3ccccc3)n(C)c12. The van der Waals surface area contributed by atoms with Crippen molar-refractivity contribution in [1.82, 2.24) is 4.57 Å². The Morgan fingerprint density at radius 3 is 2.56 bits per heavy atom. The number of aromatic nitrogens is 1. The first-order valence-corrected chi connectivity index (χ1v) is 11.4. The molecule has 142 valence electrons. The number of carbonyl (C=O) groups is 1. The van der Waals surface area contributed by atoms with Crippen LogP contribution in [0.2, 0.25) is 0 Å². The summed E-state index contributed by atoms with van der Waals surface area (Å²) in [6.07, 6.45) is 0.789. The quantitative estimate of drug-likeness (QED) is 0.636. The molecule has 0 aliphatic heterocycles. The Labute approximate surface area is 162 Å². The van der Waals surface area contributed by atoms with Gasteiger partial charge in [0.25, 0.3) is 0 Å². The maximum absolute atomic E-state index is 12.3. The molecule has 0 aliphatic rings. The van der Waals surface area contributed by atoms with Crippen molar-refractivity contribution in [2.24, 2.45) is 12.0 Å². The predicted molar refractivity (Wildman–Crippen MR) is 109 cm³/mol.